The highest BCUT2D eigenvalue weighted by Crippen LogP contribution is 2.44. The molecule has 1 aliphatic rings. The van der Waals surface area contributed by atoms with Crippen LogP contribution in [0.2, 0.25) is 0 Å². The Bertz CT molecular complexity index is 1380. The highest BCUT2D eigenvalue weighted by atomic mass is 16.5. The summed E-state index contributed by atoms with van der Waals surface area (Å²) in [5.41, 5.74) is 3.86. The molecule has 6 nitrogen and oxygen atoms in total. The molecule has 1 fully saturated rings. The molecule has 0 spiro atoms. The summed E-state index contributed by atoms with van der Waals surface area (Å²) < 4.78 is 11.4. The molecular formula is C33H37NO5. The molecule has 0 saturated carbocycles. The van der Waals surface area contributed by atoms with Crippen molar-refractivity contribution < 1.29 is 24.2 Å². The summed E-state index contributed by atoms with van der Waals surface area (Å²) in [5, 5.41) is 11.6. The van der Waals surface area contributed by atoms with Crippen molar-refractivity contribution in [1.29, 1.82) is 0 Å². The SMILES string of the molecule is CCOc1ccc(/C(O)=C2/C(=O)C(=O)N(c3ccc(C(C)(C)C)cc3)C2c2ccc(CC)cc2)c(OCC)c1. The number of benzene rings is 3. The van der Waals surface area contributed by atoms with Gasteiger partial charge in [-0.1, -0.05) is 64.1 Å². The zero-order valence-corrected chi connectivity index (χ0v) is 23.6. The molecule has 1 unspecified atom stereocenters. The molecule has 6 heteroatoms. The largest absolute Gasteiger partial charge is 0.507 e. The van der Waals surface area contributed by atoms with E-state index in [4.69, 9.17) is 9.47 Å². The first-order valence-corrected chi connectivity index (χ1v) is 13.5. The van der Waals surface area contributed by atoms with Gasteiger partial charge in [0.1, 0.15) is 17.3 Å². The van der Waals surface area contributed by atoms with Gasteiger partial charge in [0.25, 0.3) is 11.7 Å². The van der Waals surface area contributed by atoms with Crippen molar-refractivity contribution in [3.63, 3.8) is 0 Å². The summed E-state index contributed by atoms with van der Waals surface area (Å²) in [4.78, 5) is 28.7. The van der Waals surface area contributed by atoms with Gasteiger partial charge in [-0.3, -0.25) is 14.5 Å². The van der Waals surface area contributed by atoms with Gasteiger partial charge in [0.05, 0.1) is 30.4 Å². The van der Waals surface area contributed by atoms with Crippen LogP contribution in [0.1, 0.15) is 69.8 Å². The van der Waals surface area contributed by atoms with E-state index in [9.17, 15) is 14.7 Å². The van der Waals surface area contributed by atoms with Crippen LogP contribution in [-0.2, 0) is 21.4 Å². The number of amides is 1. The first-order valence-electron chi connectivity index (χ1n) is 13.5. The Hall–Kier alpha value is -4.06. The van der Waals surface area contributed by atoms with Gasteiger partial charge in [-0.15, -0.1) is 0 Å². The molecular weight excluding hydrogens is 490 g/mol. The molecule has 3 aromatic rings. The van der Waals surface area contributed by atoms with Crippen LogP contribution in [0.5, 0.6) is 11.5 Å². The number of Topliss-reactive ketones (excluding diaryl/α,β-unsaturated/α-hetero) is 1. The van der Waals surface area contributed by atoms with Gasteiger partial charge in [-0.2, -0.15) is 0 Å². The number of anilines is 1. The van der Waals surface area contributed by atoms with E-state index in [0.29, 0.717) is 36.0 Å². The number of aliphatic hydroxyl groups is 1. The highest BCUT2D eigenvalue weighted by Gasteiger charge is 2.47. The number of hydrogen-bond acceptors (Lipinski definition) is 5. The van der Waals surface area contributed by atoms with Crippen molar-refractivity contribution in [2.75, 3.05) is 18.1 Å². The quantitative estimate of drug-likeness (QED) is 0.194. The lowest BCUT2D eigenvalue weighted by molar-refractivity contribution is -0.132. The lowest BCUT2D eigenvalue weighted by Gasteiger charge is -2.27. The average molecular weight is 528 g/mol. The van der Waals surface area contributed by atoms with Crippen LogP contribution in [-0.4, -0.2) is 30.0 Å². The number of aryl methyl sites for hydroxylation is 1. The smallest absolute Gasteiger partial charge is 0.300 e. The maximum Gasteiger partial charge on any atom is 0.300 e. The molecule has 0 aromatic heterocycles. The van der Waals surface area contributed by atoms with Crippen molar-refractivity contribution in [2.45, 2.75) is 59.4 Å². The lowest BCUT2D eigenvalue weighted by atomic mass is 9.87. The first-order chi connectivity index (χ1) is 18.6. The van der Waals surface area contributed by atoms with Crippen molar-refractivity contribution in [3.8, 4) is 11.5 Å². The molecule has 1 amide bonds. The molecule has 1 saturated heterocycles. The number of ether oxygens (including phenoxy) is 2. The normalized spacial score (nSPS) is 17.0. The summed E-state index contributed by atoms with van der Waals surface area (Å²) >= 11 is 0. The third kappa shape index (κ3) is 5.56. The summed E-state index contributed by atoms with van der Waals surface area (Å²) in [6.45, 7) is 13.0. The Morgan fingerprint density at radius 2 is 1.51 bits per heavy atom. The van der Waals surface area contributed by atoms with E-state index in [-0.39, 0.29) is 16.7 Å². The maximum absolute atomic E-state index is 13.6. The van der Waals surface area contributed by atoms with E-state index in [0.717, 1.165) is 23.1 Å². The van der Waals surface area contributed by atoms with E-state index >= 15 is 0 Å². The second-order valence-corrected chi connectivity index (χ2v) is 10.6. The Labute approximate surface area is 230 Å². The van der Waals surface area contributed by atoms with Crippen molar-refractivity contribution in [2.24, 2.45) is 0 Å². The Kier molecular flexibility index (Phi) is 8.14. The molecule has 3 aromatic carbocycles. The predicted octanol–water partition coefficient (Wildman–Crippen LogP) is 6.97. The van der Waals surface area contributed by atoms with Crippen LogP contribution in [0.4, 0.5) is 5.69 Å². The number of rotatable bonds is 8. The minimum Gasteiger partial charge on any atom is -0.507 e. The van der Waals surface area contributed by atoms with Gasteiger partial charge < -0.3 is 14.6 Å². The van der Waals surface area contributed by atoms with Crippen molar-refractivity contribution in [3.05, 3.63) is 94.6 Å². The van der Waals surface area contributed by atoms with E-state index in [2.05, 4.69) is 27.7 Å². The monoisotopic (exact) mass is 527 g/mol. The molecule has 0 aliphatic carbocycles. The molecule has 204 valence electrons. The minimum absolute atomic E-state index is 0.0225. The Balaban J connectivity index is 1.91. The first kappa shape index (κ1) is 28.0. The third-order valence-electron chi connectivity index (χ3n) is 6.98. The van der Waals surface area contributed by atoms with Crippen molar-refractivity contribution in [1.82, 2.24) is 0 Å². The van der Waals surface area contributed by atoms with Crippen LogP contribution in [0.25, 0.3) is 5.76 Å². The van der Waals surface area contributed by atoms with Crippen LogP contribution >= 0.6 is 0 Å². The number of hydrogen-bond donors (Lipinski definition) is 1. The van der Waals surface area contributed by atoms with E-state index in [1.165, 1.54) is 4.90 Å². The molecule has 1 heterocycles. The van der Waals surface area contributed by atoms with Gasteiger partial charge in [0.2, 0.25) is 0 Å². The second kappa shape index (κ2) is 11.4. The standard InChI is InChI=1S/C33H37NO5/c1-7-21-10-12-22(13-11-21)29-28(30(35)26-19-18-25(38-8-2)20-27(26)39-9-3)31(36)32(37)34(29)24-16-14-23(15-17-24)33(4,5)6/h10-20,29,35H,7-9H2,1-6H3/b30-28-. The lowest BCUT2D eigenvalue weighted by Crippen LogP contribution is -2.29. The van der Waals surface area contributed by atoms with Gasteiger partial charge in [-0.25, -0.2) is 0 Å². The number of aliphatic hydroxyl groups excluding tert-OH is 1. The van der Waals surface area contributed by atoms with Crippen LogP contribution in [0.3, 0.4) is 0 Å². The third-order valence-corrected chi connectivity index (χ3v) is 6.98. The number of carbonyl (C=O) groups is 2. The molecule has 1 N–H and O–H groups in total. The number of ketones is 1. The summed E-state index contributed by atoms with van der Waals surface area (Å²) in [6.07, 6.45) is 0.860. The Morgan fingerprint density at radius 1 is 0.872 bits per heavy atom. The maximum atomic E-state index is 13.6. The molecule has 39 heavy (non-hydrogen) atoms. The minimum atomic E-state index is -0.808. The van der Waals surface area contributed by atoms with Crippen LogP contribution in [0, 0.1) is 0 Å². The zero-order valence-electron chi connectivity index (χ0n) is 23.6. The summed E-state index contributed by atoms with van der Waals surface area (Å²) in [6, 6.07) is 19.7. The van der Waals surface area contributed by atoms with Crippen LogP contribution < -0.4 is 14.4 Å². The fourth-order valence-electron chi connectivity index (χ4n) is 4.85. The molecule has 0 bridgehead atoms. The van der Waals surface area contributed by atoms with E-state index in [1.807, 2.05) is 62.4 Å². The predicted molar refractivity (Wildman–Crippen MR) is 155 cm³/mol. The van der Waals surface area contributed by atoms with Crippen LogP contribution in [0.15, 0.2) is 72.3 Å². The van der Waals surface area contributed by atoms with Gasteiger partial charge in [0.15, 0.2) is 0 Å². The van der Waals surface area contributed by atoms with E-state index < -0.39 is 17.7 Å². The topological polar surface area (TPSA) is 76.1 Å². The number of carbonyl (C=O) groups excluding carboxylic acids is 2. The van der Waals surface area contributed by atoms with Gasteiger partial charge in [-0.05, 0) is 66.6 Å². The summed E-state index contributed by atoms with van der Waals surface area (Å²) in [5.74, 6) is -0.745. The molecule has 0 radical (unpaired) electrons. The molecule has 1 aliphatic heterocycles. The fourth-order valence-corrected chi connectivity index (χ4v) is 4.85. The van der Waals surface area contributed by atoms with Gasteiger partial charge in [0, 0.05) is 11.8 Å². The van der Waals surface area contributed by atoms with Gasteiger partial charge >= 0.3 is 0 Å². The fraction of sp³-hybridized carbons (Fsp3) is 0.333. The average Bonchev–Trinajstić information content (AvgIpc) is 3.18. The second-order valence-electron chi connectivity index (χ2n) is 10.6. The molecule has 4 rings (SSSR count). The molecule has 1 atom stereocenters. The van der Waals surface area contributed by atoms with Crippen molar-refractivity contribution >= 4 is 23.1 Å². The number of nitrogens with zero attached hydrogens (tertiary/aromatic N) is 1. The summed E-state index contributed by atoms with van der Waals surface area (Å²) in [7, 11) is 0. The van der Waals surface area contributed by atoms with E-state index in [1.54, 1.807) is 18.2 Å². The Morgan fingerprint density at radius 3 is 2.08 bits per heavy atom. The highest BCUT2D eigenvalue weighted by molar-refractivity contribution is 6.51. The zero-order chi connectivity index (χ0) is 28.3.